The summed E-state index contributed by atoms with van der Waals surface area (Å²) >= 11 is 7.00. The lowest BCUT2D eigenvalue weighted by Gasteiger charge is -2.11. The summed E-state index contributed by atoms with van der Waals surface area (Å²) in [6.45, 7) is 2.74. The van der Waals surface area contributed by atoms with Gasteiger partial charge in [0, 0.05) is 16.8 Å². The number of benzene rings is 3. The zero-order valence-corrected chi connectivity index (χ0v) is 19.3. The van der Waals surface area contributed by atoms with E-state index in [2.05, 4.69) is 23.6 Å². The molecule has 1 heterocycles. The minimum Gasteiger partial charge on any atom is -0.494 e. The Morgan fingerprint density at radius 3 is 2.75 bits per heavy atom. The Morgan fingerprint density at radius 1 is 1.06 bits per heavy atom. The Kier molecular flexibility index (Phi) is 7.09. The maximum Gasteiger partial charge on any atom is 0.257 e. The molecule has 162 valence electrons. The number of hydrogen-bond donors (Lipinski definition) is 2. The predicted octanol–water partition coefficient (Wildman–Crippen LogP) is 6.27. The largest absolute Gasteiger partial charge is 0.494 e. The summed E-state index contributed by atoms with van der Waals surface area (Å²) in [7, 11) is 0. The fourth-order valence-corrected chi connectivity index (χ4v) is 4.30. The average molecular weight is 462 g/mol. The molecular formula is C25H23N3O2S2. The molecule has 5 nitrogen and oxygen atoms in total. The van der Waals surface area contributed by atoms with Gasteiger partial charge in [0.15, 0.2) is 5.11 Å². The topological polar surface area (TPSA) is 63.2 Å². The second-order valence-electron chi connectivity index (χ2n) is 7.21. The van der Waals surface area contributed by atoms with Crippen molar-refractivity contribution in [3.8, 4) is 16.3 Å². The fourth-order valence-electron chi connectivity index (χ4n) is 3.12. The van der Waals surface area contributed by atoms with E-state index < -0.39 is 0 Å². The number of thiazole rings is 1. The Balaban J connectivity index is 1.40. The molecule has 0 atom stereocenters. The Bertz CT molecular complexity index is 1220. The van der Waals surface area contributed by atoms with Crippen molar-refractivity contribution in [2.24, 2.45) is 0 Å². The maximum absolute atomic E-state index is 12.6. The molecule has 0 unspecified atom stereocenters. The number of anilines is 1. The van der Waals surface area contributed by atoms with Crippen molar-refractivity contribution in [2.75, 3.05) is 11.9 Å². The van der Waals surface area contributed by atoms with Crippen LogP contribution in [0.25, 0.3) is 20.8 Å². The Labute approximate surface area is 196 Å². The summed E-state index contributed by atoms with van der Waals surface area (Å²) in [6.07, 6.45) is 2.03. The number of carbonyl (C=O) groups excluding carboxylic acids is 1. The number of hydrogen-bond acceptors (Lipinski definition) is 5. The number of amides is 1. The van der Waals surface area contributed by atoms with Crippen LogP contribution in [0.5, 0.6) is 5.75 Å². The molecule has 7 heteroatoms. The summed E-state index contributed by atoms with van der Waals surface area (Å²) in [5.74, 6) is 0.388. The molecule has 4 rings (SSSR count). The van der Waals surface area contributed by atoms with E-state index in [9.17, 15) is 4.79 Å². The van der Waals surface area contributed by atoms with Gasteiger partial charge in [-0.3, -0.25) is 10.1 Å². The summed E-state index contributed by atoms with van der Waals surface area (Å²) in [5, 5.41) is 6.99. The van der Waals surface area contributed by atoms with E-state index in [4.69, 9.17) is 21.9 Å². The van der Waals surface area contributed by atoms with Crippen LogP contribution in [0.3, 0.4) is 0 Å². The molecule has 0 bridgehead atoms. The van der Waals surface area contributed by atoms with Crippen molar-refractivity contribution in [1.82, 2.24) is 10.3 Å². The van der Waals surface area contributed by atoms with Crippen molar-refractivity contribution in [3.05, 3.63) is 78.4 Å². The van der Waals surface area contributed by atoms with Gasteiger partial charge in [0.25, 0.3) is 5.91 Å². The zero-order valence-electron chi connectivity index (χ0n) is 17.6. The van der Waals surface area contributed by atoms with Gasteiger partial charge in [-0.05, 0) is 61.1 Å². The van der Waals surface area contributed by atoms with Crippen LogP contribution in [-0.4, -0.2) is 22.6 Å². The molecule has 32 heavy (non-hydrogen) atoms. The third-order valence-electron chi connectivity index (χ3n) is 4.75. The minimum absolute atomic E-state index is 0.230. The maximum atomic E-state index is 12.6. The number of rotatable bonds is 7. The number of nitrogens with one attached hydrogen (secondary N) is 2. The molecule has 1 aromatic heterocycles. The Hall–Kier alpha value is -3.29. The molecule has 4 aromatic rings. The zero-order chi connectivity index (χ0) is 22.3. The van der Waals surface area contributed by atoms with Gasteiger partial charge in [0.2, 0.25) is 0 Å². The highest BCUT2D eigenvalue weighted by molar-refractivity contribution is 7.80. The lowest BCUT2D eigenvalue weighted by molar-refractivity contribution is 0.0977. The van der Waals surface area contributed by atoms with Crippen LogP contribution in [-0.2, 0) is 0 Å². The van der Waals surface area contributed by atoms with Crippen molar-refractivity contribution in [1.29, 1.82) is 0 Å². The van der Waals surface area contributed by atoms with E-state index in [1.165, 1.54) is 0 Å². The van der Waals surface area contributed by atoms with Gasteiger partial charge < -0.3 is 10.1 Å². The van der Waals surface area contributed by atoms with Crippen LogP contribution in [0.15, 0.2) is 72.8 Å². The molecular weight excluding hydrogens is 438 g/mol. The quantitative estimate of drug-likeness (QED) is 0.251. The number of fused-ring (bicyclic) bond motifs is 1. The van der Waals surface area contributed by atoms with Crippen molar-refractivity contribution < 1.29 is 9.53 Å². The standard InChI is InChI=1S/C25H23N3O2S2/c1-2-3-14-30-20-11-7-8-17(16-20)23(29)28-25(31)26-19-10-6-9-18(15-19)24-27-21-12-4-5-13-22(21)32-24/h4-13,15-16H,2-3,14H2,1H3,(H2,26,28,29,31). The van der Waals surface area contributed by atoms with E-state index in [1.807, 2.05) is 48.5 Å². The van der Waals surface area contributed by atoms with E-state index in [0.29, 0.717) is 17.9 Å². The summed E-state index contributed by atoms with van der Waals surface area (Å²) in [6, 6.07) is 23.0. The Morgan fingerprint density at radius 2 is 1.91 bits per heavy atom. The van der Waals surface area contributed by atoms with Gasteiger partial charge in [-0.25, -0.2) is 4.98 Å². The second-order valence-corrected chi connectivity index (χ2v) is 8.64. The van der Waals surface area contributed by atoms with E-state index in [1.54, 1.807) is 29.5 Å². The highest BCUT2D eigenvalue weighted by atomic mass is 32.1. The fraction of sp³-hybridized carbons (Fsp3) is 0.160. The molecule has 0 aliphatic carbocycles. The predicted molar refractivity (Wildman–Crippen MR) is 136 cm³/mol. The van der Waals surface area contributed by atoms with Crippen LogP contribution < -0.4 is 15.4 Å². The van der Waals surface area contributed by atoms with E-state index in [-0.39, 0.29) is 11.0 Å². The number of nitrogens with zero attached hydrogens (tertiary/aromatic N) is 1. The van der Waals surface area contributed by atoms with Crippen LogP contribution in [0.4, 0.5) is 5.69 Å². The number of thiocarbonyl (C=S) groups is 1. The van der Waals surface area contributed by atoms with Crippen molar-refractivity contribution >= 4 is 50.5 Å². The summed E-state index contributed by atoms with van der Waals surface area (Å²) in [5.41, 5.74) is 3.24. The summed E-state index contributed by atoms with van der Waals surface area (Å²) < 4.78 is 6.82. The SMILES string of the molecule is CCCCOc1cccc(C(=O)NC(=S)Nc2cccc(-c3nc4ccccc4s3)c2)c1. The molecule has 0 radical (unpaired) electrons. The molecule has 0 fully saturated rings. The first-order valence-electron chi connectivity index (χ1n) is 10.4. The lowest BCUT2D eigenvalue weighted by Crippen LogP contribution is -2.34. The summed E-state index contributed by atoms with van der Waals surface area (Å²) in [4.78, 5) is 17.3. The third kappa shape index (κ3) is 5.49. The van der Waals surface area contributed by atoms with Gasteiger partial charge in [-0.15, -0.1) is 11.3 Å². The third-order valence-corrected chi connectivity index (χ3v) is 6.04. The van der Waals surface area contributed by atoms with Crippen molar-refractivity contribution in [2.45, 2.75) is 19.8 Å². The first-order valence-corrected chi connectivity index (χ1v) is 11.7. The average Bonchev–Trinajstić information content (AvgIpc) is 3.24. The monoisotopic (exact) mass is 461 g/mol. The molecule has 0 aliphatic rings. The van der Waals surface area contributed by atoms with Crippen LogP contribution >= 0.6 is 23.6 Å². The normalized spacial score (nSPS) is 10.7. The molecule has 0 spiro atoms. The van der Waals surface area contributed by atoms with Crippen LogP contribution in [0.1, 0.15) is 30.1 Å². The van der Waals surface area contributed by atoms with E-state index in [0.717, 1.165) is 39.3 Å². The lowest BCUT2D eigenvalue weighted by atomic mass is 10.2. The van der Waals surface area contributed by atoms with Crippen LogP contribution in [0, 0.1) is 0 Å². The van der Waals surface area contributed by atoms with Gasteiger partial charge >= 0.3 is 0 Å². The highest BCUT2D eigenvalue weighted by Crippen LogP contribution is 2.31. The minimum atomic E-state index is -0.286. The number of ether oxygens (including phenoxy) is 1. The number of carbonyl (C=O) groups is 1. The van der Waals surface area contributed by atoms with Crippen LogP contribution in [0.2, 0.25) is 0 Å². The number of aromatic nitrogens is 1. The number of para-hydroxylation sites is 1. The van der Waals surface area contributed by atoms with Gasteiger partial charge in [-0.2, -0.15) is 0 Å². The van der Waals surface area contributed by atoms with Gasteiger partial charge in [0.1, 0.15) is 10.8 Å². The molecule has 3 aromatic carbocycles. The molecule has 0 saturated heterocycles. The second kappa shape index (κ2) is 10.3. The molecule has 1 amide bonds. The smallest absolute Gasteiger partial charge is 0.257 e. The van der Waals surface area contributed by atoms with E-state index >= 15 is 0 Å². The first kappa shape index (κ1) is 21.9. The highest BCUT2D eigenvalue weighted by Gasteiger charge is 2.11. The molecule has 0 saturated carbocycles. The molecule has 2 N–H and O–H groups in total. The molecule has 0 aliphatic heterocycles. The van der Waals surface area contributed by atoms with Gasteiger partial charge in [0.05, 0.1) is 16.8 Å². The van der Waals surface area contributed by atoms with Gasteiger partial charge in [-0.1, -0.05) is 43.7 Å². The van der Waals surface area contributed by atoms with Crippen molar-refractivity contribution in [3.63, 3.8) is 0 Å². The number of unbranched alkanes of at least 4 members (excludes halogenated alkanes) is 1. The first-order chi connectivity index (χ1) is 15.6.